The predicted octanol–water partition coefficient (Wildman–Crippen LogP) is 0.340. The molecule has 1 heterocycles. The summed E-state index contributed by atoms with van der Waals surface area (Å²) in [5, 5.41) is 22.9. The lowest BCUT2D eigenvalue weighted by Crippen LogP contribution is -2.55. The van der Waals surface area contributed by atoms with E-state index in [9.17, 15) is 28.2 Å². The van der Waals surface area contributed by atoms with E-state index in [1.54, 1.807) is 36.4 Å². The quantitative estimate of drug-likeness (QED) is 0.351. The second-order valence-corrected chi connectivity index (χ2v) is 10.0. The van der Waals surface area contributed by atoms with Crippen LogP contribution in [-0.2, 0) is 24.3 Å². The van der Waals surface area contributed by atoms with Gasteiger partial charge in [0.25, 0.3) is 0 Å². The zero-order valence-electron chi connectivity index (χ0n) is 17.9. The van der Waals surface area contributed by atoms with Crippen LogP contribution in [0.3, 0.4) is 0 Å². The third-order valence-electron chi connectivity index (χ3n) is 5.37. The maximum atomic E-state index is 13.0. The van der Waals surface area contributed by atoms with E-state index in [2.05, 4.69) is 10.0 Å². The van der Waals surface area contributed by atoms with Crippen LogP contribution in [-0.4, -0.2) is 67.8 Å². The van der Waals surface area contributed by atoms with Crippen molar-refractivity contribution in [1.82, 2.24) is 10.0 Å². The maximum Gasteiger partial charge on any atom is 0.241 e. The highest BCUT2D eigenvalue weighted by molar-refractivity contribution is 7.89. The van der Waals surface area contributed by atoms with E-state index in [-0.39, 0.29) is 23.8 Å². The highest BCUT2D eigenvalue weighted by Crippen LogP contribution is 2.30. The average molecular weight is 465 g/mol. The molecule has 0 unspecified atom stereocenters. The van der Waals surface area contributed by atoms with Crippen LogP contribution in [0.5, 0.6) is 0 Å². The minimum Gasteiger partial charge on any atom is -0.394 e. The summed E-state index contributed by atoms with van der Waals surface area (Å²) >= 11 is 0. The molecule has 0 bridgehead atoms. The summed E-state index contributed by atoms with van der Waals surface area (Å²) in [6.07, 6.45) is 0.268. The van der Waals surface area contributed by atoms with Gasteiger partial charge in [0.1, 0.15) is 6.04 Å². The Hall–Kier alpha value is -2.37. The summed E-state index contributed by atoms with van der Waals surface area (Å²) in [4.78, 5) is 25.6. The molecule has 1 amide bonds. The van der Waals surface area contributed by atoms with E-state index in [1.807, 2.05) is 13.8 Å². The molecule has 1 aliphatic heterocycles. The number of sulfonamides is 1. The van der Waals surface area contributed by atoms with Gasteiger partial charge in [-0.15, -0.1) is 0 Å². The third kappa shape index (κ3) is 5.16. The number of benzene rings is 2. The van der Waals surface area contributed by atoms with Crippen LogP contribution in [0.25, 0.3) is 10.8 Å². The monoisotopic (exact) mass is 464 g/mol. The minimum atomic E-state index is -4.16. The topological polar surface area (TPSA) is 145 Å². The summed E-state index contributed by atoms with van der Waals surface area (Å²) in [5.74, 6) is -1.29. The molecule has 10 heteroatoms. The number of fused-ring (bicyclic) bond motifs is 1. The number of hydrogen-bond acceptors (Lipinski definition) is 7. The highest BCUT2D eigenvalue weighted by atomic mass is 32.2. The number of amides is 1. The zero-order valence-corrected chi connectivity index (χ0v) is 18.8. The number of ketones is 1. The summed E-state index contributed by atoms with van der Waals surface area (Å²) in [6.45, 7) is 2.47. The van der Waals surface area contributed by atoms with E-state index >= 15 is 0 Å². The summed E-state index contributed by atoms with van der Waals surface area (Å²) in [7, 11) is -4.16. The molecule has 0 aliphatic carbocycles. The highest BCUT2D eigenvalue weighted by Gasteiger charge is 2.54. The molecule has 3 atom stereocenters. The van der Waals surface area contributed by atoms with Crippen molar-refractivity contribution in [3.05, 3.63) is 42.5 Å². The fourth-order valence-corrected chi connectivity index (χ4v) is 4.96. The smallest absolute Gasteiger partial charge is 0.241 e. The molecular weight excluding hydrogens is 436 g/mol. The molecule has 0 aromatic heterocycles. The average Bonchev–Trinajstić information content (AvgIpc) is 3.57. The summed E-state index contributed by atoms with van der Waals surface area (Å²) in [5.41, 5.74) is -1.33. The van der Waals surface area contributed by atoms with Crippen molar-refractivity contribution < 1.29 is 33.0 Å². The molecule has 0 radical (unpaired) electrons. The van der Waals surface area contributed by atoms with Gasteiger partial charge in [-0.25, -0.2) is 8.42 Å². The van der Waals surface area contributed by atoms with Crippen molar-refractivity contribution in [1.29, 1.82) is 0 Å². The Morgan fingerprint density at radius 3 is 2.34 bits per heavy atom. The first kappa shape index (κ1) is 24.3. The maximum absolute atomic E-state index is 13.0. The first-order valence-electron chi connectivity index (χ1n) is 10.3. The standard InChI is InChI=1S/C22H28N2O7S/c1-14(2)10-17(20(27)22(12-26)13-31-22)23-21(28)18(11-25)24-32(29,30)19-9-5-7-15-6-3-4-8-16(15)19/h3-9,14,17-18,24-26H,10-13H2,1-2H3,(H,23,28)/t17-,18-,22+/m0/s1. The number of carbonyl (C=O) groups is 2. The van der Waals surface area contributed by atoms with Gasteiger partial charge in [0.15, 0.2) is 11.4 Å². The van der Waals surface area contributed by atoms with Crippen LogP contribution in [0.4, 0.5) is 0 Å². The Balaban J connectivity index is 1.80. The number of rotatable bonds is 11. The lowest BCUT2D eigenvalue weighted by Gasteiger charge is -2.24. The Morgan fingerprint density at radius 1 is 1.09 bits per heavy atom. The van der Waals surface area contributed by atoms with Crippen LogP contribution < -0.4 is 10.0 Å². The Bertz CT molecular complexity index is 1090. The molecule has 1 fully saturated rings. The van der Waals surface area contributed by atoms with Gasteiger partial charge in [-0.2, -0.15) is 4.72 Å². The molecule has 32 heavy (non-hydrogen) atoms. The second kappa shape index (κ2) is 9.63. The lowest BCUT2D eigenvalue weighted by molar-refractivity contribution is -0.133. The molecule has 9 nitrogen and oxygen atoms in total. The van der Waals surface area contributed by atoms with Crippen molar-refractivity contribution in [2.45, 2.75) is 42.8 Å². The predicted molar refractivity (Wildman–Crippen MR) is 117 cm³/mol. The molecule has 4 N–H and O–H groups in total. The largest absolute Gasteiger partial charge is 0.394 e. The van der Waals surface area contributed by atoms with Crippen LogP contribution in [0.1, 0.15) is 20.3 Å². The summed E-state index contributed by atoms with van der Waals surface area (Å²) in [6, 6.07) is 9.18. The van der Waals surface area contributed by atoms with Crippen LogP contribution >= 0.6 is 0 Å². The number of hydrogen-bond donors (Lipinski definition) is 4. The van der Waals surface area contributed by atoms with E-state index in [0.717, 1.165) is 0 Å². The van der Waals surface area contributed by atoms with Crippen molar-refractivity contribution in [3.63, 3.8) is 0 Å². The third-order valence-corrected chi connectivity index (χ3v) is 6.90. The van der Waals surface area contributed by atoms with Gasteiger partial charge in [0, 0.05) is 5.39 Å². The van der Waals surface area contributed by atoms with E-state index in [4.69, 9.17) is 4.74 Å². The van der Waals surface area contributed by atoms with Gasteiger partial charge in [-0.1, -0.05) is 50.2 Å². The molecule has 2 aromatic rings. The summed E-state index contributed by atoms with van der Waals surface area (Å²) < 4.78 is 33.4. The van der Waals surface area contributed by atoms with Crippen LogP contribution in [0.15, 0.2) is 47.4 Å². The molecular formula is C22H28N2O7S. The molecule has 1 aliphatic rings. The number of ether oxygens (including phenoxy) is 1. The van der Waals surface area contributed by atoms with Gasteiger partial charge < -0.3 is 20.3 Å². The number of epoxide rings is 1. The number of carbonyl (C=O) groups excluding carboxylic acids is 2. The van der Waals surface area contributed by atoms with Crippen molar-refractivity contribution in [3.8, 4) is 0 Å². The normalized spacial score (nSPS) is 20.2. The molecule has 0 spiro atoms. The van der Waals surface area contributed by atoms with Crippen LogP contribution in [0, 0.1) is 5.92 Å². The first-order valence-corrected chi connectivity index (χ1v) is 11.8. The lowest BCUT2D eigenvalue weighted by atomic mass is 9.92. The fraction of sp³-hybridized carbons (Fsp3) is 0.455. The van der Waals surface area contributed by atoms with Gasteiger partial charge in [-0.3, -0.25) is 9.59 Å². The molecule has 1 saturated heterocycles. The van der Waals surface area contributed by atoms with Gasteiger partial charge in [0.05, 0.1) is 30.8 Å². The van der Waals surface area contributed by atoms with Crippen molar-refractivity contribution >= 4 is 32.5 Å². The first-order chi connectivity index (χ1) is 15.1. The van der Waals surface area contributed by atoms with Gasteiger partial charge in [0.2, 0.25) is 15.9 Å². The van der Waals surface area contributed by atoms with E-state index in [0.29, 0.717) is 10.8 Å². The molecule has 2 aromatic carbocycles. The number of aliphatic hydroxyl groups excluding tert-OH is 2. The minimum absolute atomic E-state index is 0.0257. The SMILES string of the molecule is CC(C)C[C@H](NC(=O)[C@H](CO)NS(=O)(=O)c1cccc2ccccc12)C(=O)[C@@]1(CO)CO1. The van der Waals surface area contributed by atoms with E-state index in [1.165, 1.54) is 6.07 Å². The molecule has 174 valence electrons. The van der Waals surface area contributed by atoms with Crippen LogP contribution in [0.2, 0.25) is 0 Å². The Morgan fingerprint density at radius 2 is 1.75 bits per heavy atom. The number of Topliss-reactive ketones (excluding diaryl/α,β-unsaturated/α-hetero) is 1. The Labute approximate surface area is 186 Å². The zero-order chi connectivity index (χ0) is 23.5. The fourth-order valence-electron chi connectivity index (χ4n) is 3.55. The Kier molecular flexibility index (Phi) is 7.31. The van der Waals surface area contributed by atoms with Gasteiger partial charge in [-0.05, 0) is 23.8 Å². The number of nitrogens with one attached hydrogen (secondary N) is 2. The second-order valence-electron chi connectivity index (χ2n) is 8.33. The molecule has 0 saturated carbocycles. The van der Waals surface area contributed by atoms with Gasteiger partial charge >= 0.3 is 0 Å². The van der Waals surface area contributed by atoms with Crippen molar-refractivity contribution in [2.75, 3.05) is 19.8 Å². The molecule has 3 rings (SSSR count). The van der Waals surface area contributed by atoms with Crippen molar-refractivity contribution in [2.24, 2.45) is 5.92 Å². The van der Waals surface area contributed by atoms with E-state index < -0.39 is 52.6 Å². The number of aliphatic hydroxyl groups is 2.